The van der Waals surface area contributed by atoms with E-state index in [-0.39, 0.29) is 11.5 Å². The SMILES string of the molecule is Cc1ccc(OP(=O)(Oc2ccc(C)cc2C)Oc2ccc(OP(=O)(Oc3ccc(C)cc3C)Oc3ccc(C)cc3C)c3ccccc23)c(C)c1. The molecule has 6 rings (SSSR count). The quantitative estimate of drug-likeness (QED) is 0.115. The van der Waals surface area contributed by atoms with Crippen LogP contribution in [0.1, 0.15) is 44.5 Å². The van der Waals surface area contributed by atoms with Crippen LogP contribution in [-0.2, 0) is 9.13 Å². The van der Waals surface area contributed by atoms with Crippen molar-refractivity contribution < 1.29 is 36.3 Å². The van der Waals surface area contributed by atoms with E-state index in [0.717, 1.165) is 44.5 Å². The number of aryl methyl sites for hydroxylation is 8. The summed E-state index contributed by atoms with van der Waals surface area (Å²) in [6.45, 7) is 15.3. The maximum absolute atomic E-state index is 14.7. The van der Waals surface area contributed by atoms with E-state index in [9.17, 15) is 9.13 Å². The first kappa shape index (κ1) is 36.6. The molecule has 0 aromatic heterocycles. The largest absolute Gasteiger partial charge is 0.647 e. The van der Waals surface area contributed by atoms with Gasteiger partial charge < -0.3 is 27.1 Å². The highest BCUT2D eigenvalue weighted by Crippen LogP contribution is 2.55. The minimum atomic E-state index is -4.39. The zero-order valence-corrected chi connectivity index (χ0v) is 32.3. The Morgan fingerprint density at radius 1 is 0.327 bits per heavy atom. The molecule has 0 aliphatic rings. The van der Waals surface area contributed by atoms with Crippen LogP contribution in [0.4, 0.5) is 0 Å². The van der Waals surface area contributed by atoms with Crippen molar-refractivity contribution in [3.8, 4) is 34.5 Å². The molecule has 8 nitrogen and oxygen atoms in total. The highest BCUT2D eigenvalue weighted by atomic mass is 31.2. The van der Waals surface area contributed by atoms with Gasteiger partial charge in [-0.05, 0) is 114 Å². The second kappa shape index (κ2) is 14.8. The van der Waals surface area contributed by atoms with Crippen LogP contribution < -0.4 is 27.1 Å². The maximum Gasteiger partial charge on any atom is 0.647 e. The Morgan fingerprint density at radius 3 is 0.808 bits per heavy atom. The van der Waals surface area contributed by atoms with Gasteiger partial charge >= 0.3 is 15.6 Å². The number of phosphoric ester groups is 2. The summed E-state index contributed by atoms with van der Waals surface area (Å²) in [5, 5.41) is 0.997. The fourth-order valence-electron chi connectivity index (χ4n) is 5.84. The van der Waals surface area contributed by atoms with Crippen molar-refractivity contribution in [2.75, 3.05) is 0 Å². The zero-order chi connectivity index (χ0) is 37.2. The third-order valence-electron chi connectivity index (χ3n) is 8.43. The monoisotopic (exact) mass is 736 g/mol. The first-order valence-electron chi connectivity index (χ1n) is 16.9. The van der Waals surface area contributed by atoms with E-state index in [2.05, 4.69) is 0 Å². The van der Waals surface area contributed by atoms with E-state index in [4.69, 9.17) is 27.1 Å². The van der Waals surface area contributed by atoms with Gasteiger partial charge in [-0.3, -0.25) is 0 Å². The third kappa shape index (κ3) is 8.48. The van der Waals surface area contributed by atoms with E-state index in [0.29, 0.717) is 33.8 Å². The van der Waals surface area contributed by atoms with Crippen molar-refractivity contribution in [1.29, 1.82) is 0 Å². The van der Waals surface area contributed by atoms with Crippen LogP contribution in [-0.4, -0.2) is 0 Å². The molecule has 0 atom stereocenters. The smallest absolute Gasteiger partial charge is 0.386 e. The number of fused-ring (bicyclic) bond motifs is 1. The van der Waals surface area contributed by atoms with Crippen LogP contribution in [0.25, 0.3) is 10.8 Å². The second-order valence-corrected chi connectivity index (χ2v) is 16.0. The molecule has 0 unspecified atom stereocenters. The number of hydrogen-bond donors (Lipinski definition) is 0. The molecule has 268 valence electrons. The van der Waals surface area contributed by atoms with Crippen molar-refractivity contribution in [1.82, 2.24) is 0 Å². The molecule has 6 aromatic rings. The predicted octanol–water partition coefficient (Wildman–Crippen LogP) is 12.6. The van der Waals surface area contributed by atoms with Gasteiger partial charge in [0.05, 0.1) is 0 Å². The van der Waals surface area contributed by atoms with E-state index < -0.39 is 15.6 Å². The average Bonchev–Trinajstić information content (AvgIpc) is 3.08. The molecule has 10 heteroatoms. The Kier molecular flexibility index (Phi) is 10.4. The summed E-state index contributed by atoms with van der Waals surface area (Å²) in [4.78, 5) is 0. The molecule has 0 aliphatic heterocycles. The molecule has 0 saturated carbocycles. The number of hydrogen-bond acceptors (Lipinski definition) is 8. The lowest BCUT2D eigenvalue weighted by molar-refractivity contribution is 0.294. The van der Waals surface area contributed by atoms with Crippen molar-refractivity contribution in [3.63, 3.8) is 0 Å². The van der Waals surface area contributed by atoms with Gasteiger partial charge in [0.15, 0.2) is 0 Å². The van der Waals surface area contributed by atoms with Gasteiger partial charge in [0.1, 0.15) is 34.5 Å². The summed E-state index contributed by atoms with van der Waals surface area (Å²) in [6, 6.07) is 32.4. The average molecular weight is 737 g/mol. The van der Waals surface area contributed by atoms with Gasteiger partial charge in [-0.2, -0.15) is 9.13 Å². The molecule has 6 aromatic carbocycles. The van der Waals surface area contributed by atoms with Crippen molar-refractivity contribution >= 4 is 26.4 Å². The van der Waals surface area contributed by atoms with E-state index in [1.54, 1.807) is 60.7 Å². The molecule has 0 heterocycles. The van der Waals surface area contributed by atoms with Crippen molar-refractivity contribution in [3.05, 3.63) is 154 Å². The topological polar surface area (TPSA) is 89.5 Å². The Bertz CT molecular complexity index is 2100. The lowest BCUT2D eigenvalue weighted by atomic mass is 10.1. The number of phosphoric acid groups is 2. The second-order valence-electron chi connectivity index (χ2n) is 13.1. The molecule has 0 amide bonds. The van der Waals surface area contributed by atoms with Gasteiger partial charge in [0.25, 0.3) is 0 Å². The standard InChI is InChI=1S/C42H42O8P2/c1-27-13-17-37(31(5)23-27)45-51(43,46-38-18-14-28(2)24-32(38)6)49-41-21-22-42(36-12-10-9-11-35(36)41)50-52(44,47-39-19-15-29(3)25-33(39)7)48-40-20-16-30(4)26-34(40)8/h9-26H,1-8H3. The highest BCUT2D eigenvalue weighted by Gasteiger charge is 2.37. The van der Waals surface area contributed by atoms with Gasteiger partial charge in [-0.25, -0.2) is 0 Å². The Balaban J connectivity index is 1.40. The Labute approximate surface area is 305 Å². The molecule has 52 heavy (non-hydrogen) atoms. The predicted molar refractivity (Wildman–Crippen MR) is 207 cm³/mol. The van der Waals surface area contributed by atoms with Crippen LogP contribution in [0.5, 0.6) is 34.5 Å². The molecule has 0 bridgehead atoms. The lowest BCUT2D eigenvalue weighted by Gasteiger charge is -2.24. The van der Waals surface area contributed by atoms with Crippen molar-refractivity contribution in [2.45, 2.75) is 55.4 Å². The van der Waals surface area contributed by atoms with Crippen LogP contribution in [0.3, 0.4) is 0 Å². The molecular weight excluding hydrogens is 694 g/mol. The fourth-order valence-corrected chi connectivity index (χ4v) is 8.65. The van der Waals surface area contributed by atoms with E-state index in [1.807, 2.05) is 104 Å². The molecule has 0 N–H and O–H groups in total. The molecule has 0 fully saturated rings. The summed E-state index contributed by atoms with van der Waals surface area (Å²) in [6.07, 6.45) is 0. The molecule has 0 aliphatic carbocycles. The molecule has 0 saturated heterocycles. The van der Waals surface area contributed by atoms with E-state index in [1.165, 1.54) is 0 Å². The lowest BCUT2D eigenvalue weighted by Crippen LogP contribution is -2.10. The van der Waals surface area contributed by atoms with Crippen LogP contribution >= 0.6 is 15.6 Å². The van der Waals surface area contributed by atoms with Gasteiger partial charge in [0.2, 0.25) is 0 Å². The fraction of sp³-hybridized carbons (Fsp3) is 0.190. The van der Waals surface area contributed by atoms with Gasteiger partial charge in [0, 0.05) is 10.8 Å². The summed E-state index contributed by atoms with van der Waals surface area (Å²) >= 11 is 0. The summed E-state index contributed by atoms with van der Waals surface area (Å²) in [5.74, 6) is 1.82. The summed E-state index contributed by atoms with van der Waals surface area (Å²) in [7, 11) is -8.77. The molecule has 0 radical (unpaired) electrons. The van der Waals surface area contributed by atoms with E-state index >= 15 is 0 Å². The van der Waals surface area contributed by atoms with Crippen LogP contribution in [0.15, 0.2) is 109 Å². The highest BCUT2D eigenvalue weighted by molar-refractivity contribution is 7.50. The molecule has 0 spiro atoms. The first-order valence-corrected chi connectivity index (χ1v) is 19.8. The van der Waals surface area contributed by atoms with Crippen molar-refractivity contribution in [2.24, 2.45) is 0 Å². The zero-order valence-electron chi connectivity index (χ0n) is 30.6. The minimum absolute atomic E-state index is 0.196. The van der Waals surface area contributed by atoms with Crippen LogP contribution in [0, 0.1) is 55.4 Å². The van der Waals surface area contributed by atoms with Gasteiger partial charge in [-0.15, -0.1) is 0 Å². The summed E-state index contributed by atoms with van der Waals surface area (Å²) in [5.41, 5.74) is 7.18. The molecular formula is C42H42O8P2. The normalized spacial score (nSPS) is 11.6. The summed E-state index contributed by atoms with van der Waals surface area (Å²) < 4.78 is 66.3. The number of rotatable bonds is 12. The third-order valence-corrected chi connectivity index (χ3v) is 10.9. The maximum atomic E-state index is 14.7. The van der Waals surface area contributed by atoms with Gasteiger partial charge in [-0.1, -0.05) is 95.1 Å². The Hall–Kier alpha value is -5.16. The Morgan fingerprint density at radius 2 is 0.558 bits per heavy atom. The minimum Gasteiger partial charge on any atom is -0.386 e. The van der Waals surface area contributed by atoms with Crippen LogP contribution in [0.2, 0.25) is 0 Å². The number of benzene rings is 6. The first-order chi connectivity index (χ1) is 24.7.